The molecule has 3 aromatic rings. The number of hydrogen-bond acceptors (Lipinski definition) is 6. The number of benzene rings is 3. The van der Waals surface area contributed by atoms with Crippen molar-refractivity contribution < 1.29 is 27.5 Å². The van der Waals surface area contributed by atoms with Crippen LogP contribution >= 0.6 is 0 Å². The van der Waals surface area contributed by atoms with Crippen molar-refractivity contribution in [1.29, 1.82) is 0 Å². The number of anilines is 1. The lowest BCUT2D eigenvalue weighted by molar-refractivity contribution is -0.139. The lowest BCUT2D eigenvalue weighted by atomic mass is 10.0. The van der Waals surface area contributed by atoms with Gasteiger partial charge < -0.3 is 19.7 Å². The van der Waals surface area contributed by atoms with E-state index in [1.165, 1.54) is 32.2 Å². The van der Waals surface area contributed by atoms with E-state index in [9.17, 15) is 18.0 Å². The van der Waals surface area contributed by atoms with Gasteiger partial charge in [-0.1, -0.05) is 60.2 Å². The quantitative estimate of drug-likeness (QED) is 0.370. The number of hydrogen-bond donors (Lipinski definition) is 1. The number of aryl methyl sites for hydroxylation is 1. The van der Waals surface area contributed by atoms with Gasteiger partial charge in [-0.25, -0.2) is 8.42 Å². The van der Waals surface area contributed by atoms with Gasteiger partial charge in [-0.15, -0.1) is 0 Å². The summed E-state index contributed by atoms with van der Waals surface area (Å²) >= 11 is 0. The van der Waals surface area contributed by atoms with E-state index in [1.54, 1.807) is 12.1 Å². The van der Waals surface area contributed by atoms with E-state index in [4.69, 9.17) is 9.47 Å². The van der Waals surface area contributed by atoms with Gasteiger partial charge in [-0.05, 0) is 30.2 Å². The zero-order chi connectivity index (χ0) is 28.6. The molecule has 0 radical (unpaired) electrons. The molecule has 0 aliphatic heterocycles. The average molecular weight is 554 g/mol. The maximum Gasteiger partial charge on any atom is 0.244 e. The molecule has 39 heavy (non-hydrogen) atoms. The Morgan fingerprint density at radius 3 is 2.15 bits per heavy atom. The molecule has 1 atom stereocenters. The summed E-state index contributed by atoms with van der Waals surface area (Å²) in [6.07, 6.45) is 1.29. The summed E-state index contributed by atoms with van der Waals surface area (Å²) in [5.41, 5.74) is 2.93. The Balaban J connectivity index is 2.05. The predicted molar refractivity (Wildman–Crippen MR) is 151 cm³/mol. The highest BCUT2D eigenvalue weighted by atomic mass is 32.2. The molecule has 0 heterocycles. The maximum absolute atomic E-state index is 14.0. The largest absolute Gasteiger partial charge is 0.493 e. The molecule has 0 fully saturated rings. The number of carbonyl (C=O) groups excluding carboxylic acids is 2. The van der Waals surface area contributed by atoms with Crippen LogP contribution in [0.3, 0.4) is 0 Å². The monoisotopic (exact) mass is 553 g/mol. The molecule has 0 bridgehead atoms. The second-order valence-corrected chi connectivity index (χ2v) is 11.0. The van der Waals surface area contributed by atoms with Crippen molar-refractivity contribution >= 4 is 27.5 Å². The van der Waals surface area contributed by atoms with E-state index >= 15 is 0 Å². The van der Waals surface area contributed by atoms with E-state index in [0.29, 0.717) is 11.5 Å². The molecule has 0 spiro atoms. The standard InChI is InChI=1S/C29H35N3O6S/c1-21-10-9-13-23(16-21)19-31(25(29(34)30-2)17-22-11-7-6-8-12-22)28(33)20-32(39(5,35)36)24-14-15-26(37-3)27(18-24)38-4/h6-16,18,25H,17,19-20H2,1-5H3,(H,30,34). The molecule has 10 heteroatoms. The highest BCUT2D eigenvalue weighted by Gasteiger charge is 2.32. The lowest BCUT2D eigenvalue weighted by Crippen LogP contribution is -2.52. The highest BCUT2D eigenvalue weighted by Crippen LogP contribution is 2.32. The molecule has 0 aromatic heterocycles. The van der Waals surface area contributed by atoms with Crippen molar-refractivity contribution in [3.8, 4) is 11.5 Å². The number of sulfonamides is 1. The van der Waals surface area contributed by atoms with Crippen LogP contribution in [0.2, 0.25) is 0 Å². The number of nitrogens with zero attached hydrogens (tertiary/aromatic N) is 2. The van der Waals surface area contributed by atoms with Crippen molar-refractivity contribution in [2.75, 3.05) is 38.4 Å². The van der Waals surface area contributed by atoms with Crippen molar-refractivity contribution in [1.82, 2.24) is 10.2 Å². The molecule has 0 aliphatic rings. The number of nitrogens with one attached hydrogen (secondary N) is 1. The fourth-order valence-corrected chi connectivity index (χ4v) is 5.16. The Morgan fingerprint density at radius 1 is 0.897 bits per heavy atom. The van der Waals surface area contributed by atoms with Crippen LogP contribution in [0, 0.1) is 6.92 Å². The number of methoxy groups -OCH3 is 2. The van der Waals surface area contributed by atoms with Crippen molar-refractivity contribution in [2.45, 2.75) is 25.9 Å². The van der Waals surface area contributed by atoms with Gasteiger partial charge in [0.25, 0.3) is 0 Å². The Morgan fingerprint density at radius 2 is 1.56 bits per heavy atom. The summed E-state index contributed by atoms with van der Waals surface area (Å²) < 4.78 is 37.4. The average Bonchev–Trinajstić information content (AvgIpc) is 2.92. The van der Waals surface area contributed by atoms with E-state index in [2.05, 4.69) is 5.32 Å². The zero-order valence-corrected chi connectivity index (χ0v) is 23.7. The highest BCUT2D eigenvalue weighted by molar-refractivity contribution is 7.92. The number of ether oxygens (including phenoxy) is 2. The van der Waals surface area contributed by atoms with Gasteiger partial charge in [0.05, 0.1) is 26.2 Å². The molecule has 1 unspecified atom stereocenters. The third-order valence-electron chi connectivity index (χ3n) is 6.29. The Labute approximate surface area is 230 Å². The molecule has 208 valence electrons. The van der Waals surface area contributed by atoms with E-state index in [1.807, 2.05) is 61.5 Å². The molecular weight excluding hydrogens is 518 g/mol. The van der Waals surface area contributed by atoms with Crippen LogP contribution in [-0.4, -0.2) is 65.2 Å². The summed E-state index contributed by atoms with van der Waals surface area (Å²) in [7, 11) is 0.543. The van der Waals surface area contributed by atoms with Gasteiger partial charge >= 0.3 is 0 Å². The maximum atomic E-state index is 14.0. The lowest BCUT2D eigenvalue weighted by Gasteiger charge is -2.33. The third-order valence-corrected chi connectivity index (χ3v) is 7.43. The molecule has 0 saturated heterocycles. The normalized spacial score (nSPS) is 11.8. The van der Waals surface area contributed by atoms with E-state index in [-0.39, 0.29) is 24.6 Å². The molecule has 2 amide bonds. The summed E-state index contributed by atoms with van der Waals surface area (Å²) in [5.74, 6) is -0.136. The summed E-state index contributed by atoms with van der Waals surface area (Å²) in [6, 6.07) is 20.8. The minimum atomic E-state index is -3.89. The molecule has 3 rings (SSSR count). The topological polar surface area (TPSA) is 105 Å². The van der Waals surface area contributed by atoms with Gasteiger partial charge in [-0.2, -0.15) is 0 Å². The second kappa shape index (κ2) is 13.1. The van der Waals surface area contributed by atoms with Crippen LogP contribution in [0.25, 0.3) is 0 Å². The first kappa shape index (κ1) is 29.5. The second-order valence-electron chi connectivity index (χ2n) is 9.14. The van der Waals surface area contributed by atoms with Gasteiger partial charge in [0.2, 0.25) is 21.8 Å². The van der Waals surface area contributed by atoms with Crippen LogP contribution in [0.1, 0.15) is 16.7 Å². The fraction of sp³-hybridized carbons (Fsp3) is 0.310. The van der Waals surface area contributed by atoms with E-state index < -0.39 is 28.5 Å². The Bertz CT molecular complexity index is 1400. The van der Waals surface area contributed by atoms with Crippen LogP contribution < -0.4 is 19.1 Å². The van der Waals surface area contributed by atoms with Crippen LogP contribution in [0.5, 0.6) is 11.5 Å². The first-order valence-corrected chi connectivity index (χ1v) is 14.2. The minimum absolute atomic E-state index is 0.120. The number of likely N-dealkylation sites (N-methyl/N-ethyl adjacent to an activating group) is 1. The van der Waals surface area contributed by atoms with Crippen molar-refractivity contribution in [2.24, 2.45) is 0 Å². The van der Waals surface area contributed by atoms with E-state index in [0.717, 1.165) is 27.3 Å². The Kier molecular flexibility index (Phi) is 9.95. The fourth-order valence-electron chi connectivity index (χ4n) is 4.32. The minimum Gasteiger partial charge on any atom is -0.493 e. The van der Waals surface area contributed by atoms with Gasteiger partial charge in [0.15, 0.2) is 11.5 Å². The SMILES string of the molecule is CNC(=O)C(Cc1ccccc1)N(Cc1cccc(C)c1)C(=O)CN(c1ccc(OC)c(OC)c1)S(C)(=O)=O. The van der Waals surface area contributed by atoms with Crippen molar-refractivity contribution in [3.05, 3.63) is 89.5 Å². The summed E-state index contributed by atoms with van der Waals surface area (Å²) in [4.78, 5) is 28.6. The predicted octanol–water partition coefficient (Wildman–Crippen LogP) is 3.16. The Hall–Kier alpha value is -4.05. The van der Waals surface area contributed by atoms with Gasteiger partial charge in [0, 0.05) is 26.1 Å². The zero-order valence-electron chi connectivity index (χ0n) is 22.9. The molecule has 0 saturated carbocycles. The molecule has 0 aliphatic carbocycles. The first-order valence-electron chi connectivity index (χ1n) is 12.4. The molecule has 3 aromatic carbocycles. The first-order chi connectivity index (χ1) is 18.6. The molecule has 1 N–H and O–H groups in total. The molecule has 9 nitrogen and oxygen atoms in total. The van der Waals surface area contributed by atoms with Crippen LogP contribution in [0.4, 0.5) is 5.69 Å². The summed E-state index contributed by atoms with van der Waals surface area (Å²) in [6.45, 7) is 1.55. The van der Waals surface area contributed by atoms with Crippen LogP contribution in [-0.2, 0) is 32.6 Å². The van der Waals surface area contributed by atoms with Crippen molar-refractivity contribution in [3.63, 3.8) is 0 Å². The smallest absolute Gasteiger partial charge is 0.244 e. The van der Waals surface area contributed by atoms with Gasteiger partial charge in [-0.3, -0.25) is 13.9 Å². The summed E-state index contributed by atoms with van der Waals surface area (Å²) in [5, 5.41) is 2.67. The molecular formula is C29H35N3O6S. The number of amides is 2. The van der Waals surface area contributed by atoms with Gasteiger partial charge in [0.1, 0.15) is 12.6 Å². The van der Waals surface area contributed by atoms with Crippen LogP contribution in [0.15, 0.2) is 72.8 Å². The number of rotatable bonds is 12. The number of carbonyl (C=O) groups is 2. The third kappa shape index (κ3) is 7.73.